The van der Waals surface area contributed by atoms with E-state index in [-0.39, 0.29) is 25.9 Å². The van der Waals surface area contributed by atoms with E-state index in [0.29, 0.717) is 19.3 Å². The fourth-order valence-corrected chi connectivity index (χ4v) is 9.27. The van der Waals surface area contributed by atoms with Gasteiger partial charge in [0.25, 0.3) is 0 Å². The van der Waals surface area contributed by atoms with E-state index in [1.807, 2.05) is 18.2 Å². The number of allylic oxidation sites excluding steroid dienone is 11. The van der Waals surface area contributed by atoms with Gasteiger partial charge in [-0.15, -0.1) is 0 Å². The average Bonchev–Trinajstić information content (AvgIpc) is 3.41. The number of ether oxygens (including phenoxy) is 3. The third-order valence-electron chi connectivity index (χ3n) is 13.1. The molecule has 0 aliphatic rings. The lowest BCUT2D eigenvalue weighted by molar-refractivity contribution is -0.161. The molecule has 0 rings (SSSR count). The number of hydrogen-bond donors (Lipinski definition) is 2. The van der Waals surface area contributed by atoms with Crippen LogP contribution in [0.2, 0.25) is 0 Å². The standard InChI is InChI=1S/C64H113O11P/c1-4-7-10-13-16-19-22-25-28-29-30-31-34-37-40-43-46-49-52-55-64(68)75-61(57-71-62(66)53-50-47-44-41-38-35-32-26-23-20-17-14-11-8-5-2)59-73-76(69,70)72-58-60(56-65)74-63(67)54-51-48-45-42-39-36-33-27-24-21-18-15-12-9-6-3/h9,12,18,21,26-27,32-33,39,42,48,51,60-61,65H,4-8,10-11,13-17,19-20,22-25,28-31,34-38,40-41,43-47,49-50,52-59H2,1-3H3,(H,69,70)/b12-9-,21-18-,32-26-,33-27-,42-39-,51-48-. The number of carbonyl (C=O) groups excluding carboxylic acids is 3. The Kier molecular flexibility index (Phi) is 55.7. The Bertz CT molecular complexity index is 1550. The molecule has 11 nitrogen and oxygen atoms in total. The summed E-state index contributed by atoms with van der Waals surface area (Å²) in [6.45, 7) is 4.45. The Morgan fingerprint density at radius 2 is 0.737 bits per heavy atom. The van der Waals surface area contributed by atoms with Gasteiger partial charge in [-0.2, -0.15) is 0 Å². The molecule has 2 N–H and O–H groups in total. The Balaban J connectivity index is 4.77. The molecule has 0 fully saturated rings. The number of rotatable bonds is 57. The van der Waals surface area contributed by atoms with Crippen LogP contribution in [0, 0.1) is 0 Å². The first kappa shape index (κ1) is 72.9. The first-order valence-electron chi connectivity index (χ1n) is 30.8. The maximum Gasteiger partial charge on any atom is 0.472 e. The molecular formula is C64H113O11P. The second kappa shape index (κ2) is 58.1. The SMILES string of the molecule is CC/C=C\C/C=C\C/C=C\C/C=C\C/C=C\CC(=O)OC(CO)COP(=O)(O)OCC(COC(=O)CCCCCCC/C=C\CCCCCCCC)OC(=O)CCCCCCCCCCCCCCCCCCCCC. The van der Waals surface area contributed by atoms with Crippen molar-refractivity contribution < 1.29 is 52.2 Å². The molecule has 0 heterocycles. The normalized spacial score (nSPS) is 13.8. The smallest absolute Gasteiger partial charge is 0.462 e. The summed E-state index contributed by atoms with van der Waals surface area (Å²) < 4.78 is 39.5. The molecule has 3 atom stereocenters. The topological polar surface area (TPSA) is 155 Å². The van der Waals surface area contributed by atoms with Gasteiger partial charge in [-0.05, 0) is 70.6 Å². The largest absolute Gasteiger partial charge is 0.472 e. The van der Waals surface area contributed by atoms with E-state index in [9.17, 15) is 28.9 Å². The van der Waals surface area contributed by atoms with Crippen molar-refractivity contribution in [2.45, 2.75) is 290 Å². The van der Waals surface area contributed by atoms with Gasteiger partial charge in [0.05, 0.1) is 26.2 Å². The van der Waals surface area contributed by atoms with Crippen molar-refractivity contribution in [3.8, 4) is 0 Å². The molecule has 0 aliphatic carbocycles. The Labute approximate surface area is 465 Å². The molecule has 0 aromatic rings. The van der Waals surface area contributed by atoms with Gasteiger partial charge >= 0.3 is 25.7 Å². The molecule has 0 aromatic heterocycles. The zero-order valence-corrected chi connectivity index (χ0v) is 49.6. The van der Waals surface area contributed by atoms with Crippen LogP contribution in [0.15, 0.2) is 72.9 Å². The van der Waals surface area contributed by atoms with Crippen molar-refractivity contribution in [1.82, 2.24) is 0 Å². The molecule has 0 saturated carbocycles. The van der Waals surface area contributed by atoms with Gasteiger partial charge < -0.3 is 24.2 Å². The molecule has 0 saturated heterocycles. The maximum absolute atomic E-state index is 12.9. The van der Waals surface area contributed by atoms with Crippen LogP contribution in [-0.4, -0.2) is 66.5 Å². The van der Waals surface area contributed by atoms with E-state index in [1.165, 1.54) is 135 Å². The highest BCUT2D eigenvalue weighted by molar-refractivity contribution is 7.47. The van der Waals surface area contributed by atoms with E-state index in [1.54, 1.807) is 6.08 Å². The number of esters is 3. The summed E-state index contributed by atoms with van der Waals surface area (Å²) in [6.07, 6.45) is 66.0. The maximum atomic E-state index is 12.9. The summed E-state index contributed by atoms with van der Waals surface area (Å²) in [5.74, 6) is -1.60. The van der Waals surface area contributed by atoms with Gasteiger partial charge in [-0.3, -0.25) is 23.4 Å². The predicted octanol–water partition coefficient (Wildman–Crippen LogP) is 18.5. The average molecular weight is 1090 g/mol. The molecule has 0 radical (unpaired) electrons. The van der Waals surface area contributed by atoms with E-state index in [4.69, 9.17) is 23.3 Å². The highest BCUT2D eigenvalue weighted by atomic mass is 31.2. The number of aliphatic hydroxyl groups excluding tert-OH is 1. The number of phosphoric ester groups is 1. The summed E-state index contributed by atoms with van der Waals surface area (Å²) >= 11 is 0. The molecule has 12 heteroatoms. The number of hydrogen-bond acceptors (Lipinski definition) is 10. The highest BCUT2D eigenvalue weighted by Crippen LogP contribution is 2.43. The van der Waals surface area contributed by atoms with E-state index in [0.717, 1.165) is 83.5 Å². The molecule has 0 amide bonds. The van der Waals surface area contributed by atoms with Crippen molar-refractivity contribution in [2.24, 2.45) is 0 Å². The first-order valence-corrected chi connectivity index (χ1v) is 32.3. The van der Waals surface area contributed by atoms with Crippen molar-refractivity contribution >= 4 is 25.7 Å². The fraction of sp³-hybridized carbons (Fsp3) is 0.766. The predicted molar refractivity (Wildman–Crippen MR) is 316 cm³/mol. The lowest BCUT2D eigenvalue weighted by Crippen LogP contribution is -2.30. The van der Waals surface area contributed by atoms with Crippen LogP contribution in [0.5, 0.6) is 0 Å². The molecule has 0 bridgehead atoms. The Morgan fingerprint density at radius 1 is 0.395 bits per heavy atom. The number of unbranched alkanes of at least 4 members (excludes halogenated alkanes) is 29. The monoisotopic (exact) mass is 1090 g/mol. The molecule has 3 unspecified atom stereocenters. The third-order valence-corrected chi connectivity index (χ3v) is 14.1. The molecule has 0 aromatic carbocycles. The van der Waals surface area contributed by atoms with Gasteiger partial charge in [0, 0.05) is 12.8 Å². The van der Waals surface area contributed by atoms with Crippen LogP contribution in [-0.2, 0) is 42.2 Å². The minimum Gasteiger partial charge on any atom is -0.462 e. The van der Waals surface area contributed by atoms with Crippen molar-refractivity contribution in [1.29, 1.82) is 0 Å². The van der Waals surface area contributed by atoms with Crippen molar-refractivity contribution in [2.75, 3.05) is 26.4 Å². The van der Waals surface area contributed by atoms with E-state index < -0.39 is 57.8 Å². The van der Waals surface area contributed by atoms with Crippen LogP contribution in [0.1, 0.15) is 278 Å². The number of carbonyl (C=O) groups is 3. The summed E-state index contributed by atoms with van der Waals surface area (Å²) in [5, 5.41) is 9.81. The van der Waals surface area contributed by atoms with E-state index >= 15 is 0 Å². The van der Waals surface area contributed by atoms with Crippen molar-refractivity contribution in [3.63, 3.8) is 0 Å². The van der Waals surface area contributed by atoms with Crippen molar-refractivity contribution in [3.05, 3.63) is 72.9 Å². The molecular weight excluding hydrogens is 976 g/mol. The second-order valence-corrected chi connectivity index (χ2v) is 22.0. The molecule has 440 valence electrons. The molecule has 0 spiro atoms. The second-order valence-electron chi connectivity index (χ2n) is 20.5. The minimum atomic E-state index is -4.78. The Hall–Kier alpha value is -3.08. The van der Waals surface area contributed by atoms with Crippen LogP contribution >= 0.6 is 7.82 Å². The van der Waals surface area contributed by atoms with E-state index in [2.05, 4.69) is 69.4 Å². The highest BCUT2D eigenvalue weighted by Gasteiger charge is 2.28. The van der Waals surface area contributed by atoms with Gasteiger partial charge in [-0.25, -0.2) is 4.57 Å². The molecule has 0 aliphatic heterocycles. The number of aliphatic hydroxyl groups is 1. The first-order chi connectivity index (χ1) is 37.2. The third kappa shape index (κ3) is 55.7. The Morgan fingerprint density at radius 3 is 1.14 bits per heavy atom. The fourth-order valence-electron chi connectivity index (χ4n) is 8.49. The summed E-state index contributed by atoms with van der Waals surface area (Å²) in [7, 11) is -4.78. The summed E-state index contributed by atoms with van der Waals surface area (Å²) in [4.78, 5) is 48.6. The minimum absolute atomic E-state index is 0.0557. The van der Waals surface area contributed by atoms with Gasteiger partial charge in [0.2, 0.25) is 0 Å². The van der Waals surface area contributed by atoms with Crippen LogP contribution in [0.4, 0.5) is 0 Å². The number of phosphoric acid groups is 1. The van der Waals surface area contributed by atoms with Crippen LogP contribution in [0.3, 0.4) is 0 Å². The van der Waals surface area contributed by atoms with Crippen LogP contribution < -0.4 is 0 Å². The summed E-state index contributed by atoms with van der Waals surface area (Å²) in [6, 6.07) is 0. The van der Waals surface area contributed by atoms with Gasteiger partial charge in [0.15, 0.2) is 6.10 Å². The lowest BCUT2D eigenvalue weighted by Gasteiger charge is -2.21. The summed E-state index contributed by atoms with van der Waals surface area (Å²) in [5.41, 5.74) is 0. The van der Waals surface area contributed by atoms with Gasteiger partial charge in [0.1, 0.15) is 12.7 Å². The lowest BCUT2D eigenvalue weighted by atomic mass is 10.0. The zero-order chi connectivity index (χ0) is 55.5. The zero-order valence-electron chi connectivity index (χ0n) is 48.7. The van der Waals surface area contributed by atoms with Gasteiger partial charge in [-0.1, -0.05) is 261 Å². The quantitative estimate of drug-likeness (QED) is 0.0197. The van der Waals surface area contributed by atoms with Crippen LogP contribution in [0.25, 0.3) is 0 Å². The molecule has 76 heavy (non-hydrogen) atoms.